The highest BCUT2D eigenvalue weighted by atomic mass is 16.2. The maximum atomic E-state index is 13.5. The summed E-state index contributed by atoms with van der Waals surface area (Å²) in [5.74, 6) is 2.00. The number of hydrogen-bond donors (Lipinski definition) is 1. The van der Waals surface area contributed by atoms with E-state index in [1.165, 1.54) is 4.90 Å². The minimum Gasteiger partial charge on any atom is -0.342 e. The van der Waals surface area contributed by atoms with Gasteiger partial charge in [0.1, 0.15) is 0 Å². The van der Waals surface area contributed by atoms with Gasteiger partial charge in [0, 0.05) is 38.0 Å². The summed E-state index contributed by atoms with van der Waals surface area (Å²) >= 11 is 0. The number of likely N-dealkylation sites (tertiary alicyclic amines) is 1. The lowest BCUT2D eigenvalue weighted by Gasteiger charge is -2.61. The molecule has 4 amide bonds. The number of carbonyl (C=O) groups excluding carboxylic acids is 3. The number of amides is 4. The van der Waals surface area contributed by atoms with Gasteiger partial charge in [-0.2, -0.15) is 0 Å². The summed E-state index contributed by atoms with van der Waals surface area (Å²) in [5, 5.41) is 2.93. The van der Waals surface area contributed by atoms with E-state index < -0.39 is 0 Å². The molecule has 0 aromatic carbocycles. The highest BCUT2D eigenvalue weighted by molar-refractivity contribution is 5.96. The van der Waals surface area contributed by atoms with E-state index in [1.807, 2.05) is 32.7 Å². The van der Waals surface area contributed by atoms with E-state index >= 15 is 0 Å². The molecule has 2 unspecified atom stereocenters. The zero-order valence-corrected chi connectivity index (χ0v) is 21.2. The van der Waals surface area contributed by atoms with E-state index in [4.69, 9.17) is 0 Å². The normalized spacial score (nSPS) is 41.4. The topological polar surface area (TPSA) is 69.7 Å². The first-order valence-electron chi connectivity index (χ1n) is 12.6. The standard InChI is InChI=1S/C26H43N3O3/c1-24(2,3)27-23(32)29(7)22(31)19-10-9-17-16-8-11-20-26(5,15-13-21(30)28(20)6)18(16)12-14-25(17,19)4/h16-20H,8-15H2,1-7H3,(H,27,32)/t16-,17-,18+,19?,20?,25-,26+/m0/s1. The molecule has 1 saturated heterocycles. The number of nitrogens with one attached hydrogen (secondary N) is 1. The number of rotatable bonds is 1. The molecule has 0 aromatic heterocycles. The lowest BCUT2D eigenvalue weighted by molar-refractivity contribution is -0.160. The Hall–Kier alpha value is -1.59. The minimum absolute atomic E-state index is 0.0157. The number of fused-ring (bicyclic) bond motifs is 5. The van der Waals surface area contributed by atoms with Crippen LogP contribution in [-0.2, 0) is 9.59 Å². The van der Waals surface area contributed by atoms with Gasteiger partial charge in [0.15, 0.2) is 0 Å². The summed E-state index contributed by atoms with van der Waals surface area (Å²) < 4.78 is 0. The summed E-state index contributed by atoms with van der Waals surface area (Å²) in [4.78, 5) is 41.9. The largest absolute Gasteiger partial charge is 0.342 e. The summed E-state index contributed by atoms with van der Waals surface area (Å²) in [7, 11) is 3.63. The maximum Gasteiger partial charge on any atom is 0.324 e. The van der Waals surface area contributed by atoms with Gasteiger partial charge in [-0.3, -0.25) is 14.5 Å². The second kappa shape index (κ2) is 7.73. The third kappa shape index (κ3) is 3.56. The van der Waals surface area contributed by atoms with Crippen LogP contribution < -0.4 is 5.32 Å². The summed E-state index contributed by atoms with van der Waals surface area (Å²) in [6, 6.07) is 0.0616. The Kier molecular flexibility index (Phi) is 5.69. The molecule has 7 atom stereocenters. The first kappa shape index (κ1) is 23.6. The van der Waals surface area contributed by atoms with Gasteiger partial charge in [0.05, 0.1) is 0 Å². The zero-order chi connectivity index (χ0) is 23.6. The Labute approximate surface area is 193 Å². The van der Waals surface area contributed by atoms with Crippen molar-refractivity contribution in [1.82, 2.24) is 15.1 Å². The summed E-state index contributed by atoms with van der Waals surface area (Å²) in [6.07, 6.45) is 8.06. The SMILES string of the molecule is CN(C(=O)NC(C)(C)C)C(=O)C1CC[C@H]2[C@@H]3CCC4N(C)C(=O)CC[C@]4(C)[C@@H]3CC[C@]12C. The molecule has 3 aliphatic carbocycles. The number of imide groups is 1. The van der Waals surface area contributed by atoms with Crippen LogP contribution in [0.25, 0.3) is 0 Å². The van der Waals surface area contributed by atoms with Gasteiger partial charge in [-0.1, -0.05) is 13.8 Å². The van der Waals surface area contributed by atoms with Gasteiger partial charge in [0.2, 0.25) is 11.8 Å². The quantitative estimate of drug-likeness (QED) is 0.649. The monoisotopic (exact) mass is 445 g/mol. The lowest BCUT2D eigenvalue weighted by Crippen LogP contribution is -2.61. The van der Waals surface area contributed by atoms with Crippen LogP contribution in [0.4, 0.5) is 4.79 Å². The van der Waals surface area contributed by atoms with Crippen molar-refractivity contribution in [2.24, 2.45) is 34.5 Å². The molecule has 1 N–H and O–H groups in total. The van der Waals surface area contributed by atoms with Crippen molar-refractivity contribution in [3.8, 4) is 0 Å². The number of hydrogen-bond acceptors (Lipinski definition) is 3. The molecule has 0 radical (unpaired) electrons. The van der Waals surface area contributed by atoms with Crippen LogP contribution in [0.5, 0.6) is 0 Å². The van der Waals surface area contributed by atoms with E-state index in [1.54, 1.807) is 7.05 Å². The Morgan fingerprint density at radius 2 is 1.66 bits per heavy atom. The van der Waals surface area contributed by atoms with E-state index in [9.17, 15) is 14.4 Å². The molecular formula is C26H43N3O3. The van der Waals surface area contributed by atoms with Crippen LogP contribution in [-0.4, -0.2) is 53.3 Å². The van der Waals surface area contributed by atoms with Crippen molar-refractivity contribution in [3.63, 3.8) is 0 Å². The molecule has 6 nitrogen and oxygen atoms in total. The second-order valence-corrected chi connectivity index (χ2v) is 12.7. The second-order valence-electron chi connectivity index (χ2n) is 12.7. The Morgan fingerprint density at radius 1 is 1.00 bits per heavy atom. The van der Waals surface area contributed by atoms with Crippen molar-refractivity contribution in [2.45, 2.75) is 97.6 Å². The van der Waals surface area contributed by atoms with Crippen LogP contribution in [0.3, 0.4) is 0 Å². The van der Waals surface area contributed by atoms with Crippen LogP contribution in [0.15, 0.2) is 0 Å². The molecule has 0 spiro atoms. The molecule has 0 bridgehead atoms. The summed E-state index contributed by atoms with van der Waals surface area (Å²) in [5.41, 5.74) is -0.207. The van der Waals surface area contributed by atoms with Gasteiger partial charge < -0.3 is 10.2 Å². The van der Waals surface area contributed by atoms with Gasteiger partial charge in [-0.15, -0.1) is 0 Å². The van der Waals surface area contributed by atoms with E-state index in [2.05, 4.69) is 19.2 Å². The van der Waals surface area contributed by atoms with Gasteiger partial charge >= 0.3 is 6.03 Å². The molecule has 180 valence electrons. The van der Waals surface area contributed by atoms with Crippen molar-refractivity contribution in [2.75, 3.05) is 14.1 Å². The van der Waals surface area contributed by atoms with Crippen molar-refractivity contribution < 1.29 is 14.4 Å². The predicted octanol–water partition coefficient (Wildman–Crippen LogP) is 4.43. The van der Waals surface area contributed by atoms with Crippen LogP contribution in [0.2, 0.25) is 0 Å². The smallest absolute Gasteiger partial charge is 0.324 e. The molecule has 4 aliphatic rings. The highest BCUT2D eigenvalue weighted by Crippen LogP contribution is 2.66. The zero-order valence-electron chi connectivity index (χ0n) is 21.2. The third-order valence-corrected chi connectivity index (χ3v) is 9.97. The van der Waals surface area contributed by atoms with Gasteiger partial charge in [0.25, 0.3) is 0 Å². The molecule has 1 aliphatic heterocycles. The predicted molar refractivity (Wildman–Crippen MR) is 125 cm³/mol. The van der Waals surface area contributed by atoms with E-state index in [-0.39, 0.29) is 34.2 Å². The maximum absolute atomic E-state index is 13.5. The van der Waals surface area contributed by atoms with Gasteiger partial charge in [-0.25, -0.2) is 4.79 Å². The first-order chi connectivity index (χ1) is 14.8. The molecule has 0 aromatic rings. The van der Waals surface area contributed by atoms with E-state index in [0.29, 0.717) is 36.1 Å². The number of carbonyl (C=O) groups is 3. The van der Waals surface area contributed by atoms with Crippen LogP contribution in [0.1, 0.15) is 86.0 Å². The number of piperidine rings is 1. The molecule has 6 heteroatoms. The number of nitrogens with zero attached hydrogens (tertiary/aromatic N) is 2. The molecule has 4 fully saturated rings. The molecule has 32 heavy (non-hydrogen) atoms. The molecule has 4 rings (SSSR count). The van der Waals surface area contributed by atoms with Crippen molar-refractivity contribution >= 4 is 17.8 Å². The fourth-order valence-electron chi connectivity index (χ4n) is 8.29. The van der Waals surface area contributed by atoms with Crippen LogP contribution in [0, 0.1) is 34.5 Å². The average Bonchev–Trinajstić information content (AvgIpc) is 3.06. The Balaban J connectivity index is 1.53. The fraction of sp³-hybridized carbons (Fsp3) is 0.885. The molecule has 3 saturated carbocycles. The van der Waals surface area contributed by atoms with Crippen molar-refractivity contribution in [3.05, 3.63) is 0 Å². The first-order valence-corrected chi connectivity index (χ1v) is 12.6. The summed E-state index contributed by atoms with van der Waals surface area (Å²) in [6.45, 7) is 10.6. The van der Waals surface area contributed by atoms with E-state index in [0.717, 1.165) is 44.9 Å². The highest BCUT2D eigenvalue weighted by Gasteiger charge is 2.62. The Morgan fingerprint density at radius 3 is 2.31 bits per heavy atom. The lowest BCUT2D eigenvalue weighted by atomic mass is 9.47. The Bertz CT molecular complexity index is 805. The minimum atomic E-state index is -0.367. The number of urea groups is 1. The van der Waals surface area contributed by atoms with Crippen molar-refractivity contribution in [1.29, 1.82) is 0 Å². The third-order valence-electron chi connectivity index (χ3n) is 9.97. The van der Waals surface area contributed by atoms with Gasteiger partial charge in [-0.05, 0) is 94.3 Å². The van der Waals surface area contributed by atoms with Crippen LogP contribution >= 0.6 is 0 Å². The molecular weight excluding hydrogens is 402 g/mol. The molecule has 1 heterocycles. The fourth-order valence-corrected chi connectivity index (χ4v) is 8.29. The average molecular weight is 446 g/mol.